The molecule has 6 heteroatoms. The van der Waals surface area contributed by atoms with Crippen LogP contribution in [0.15, 0.2) is 36.1 Å². The number of rotatable bonds is 1. The second-order valence-corrected chi connectivity index (χ2v) is 8.10. The summed E-state index contributed by atoms with van der Waals surface area (Å²) in [6.45, 7) is 3.04. The normalized spacial score (nSPS) is 34.7. The van der Waals surface area contributed by atoms with Crippen LogP contribution < -0.4 is 0 Å². The standard InChI is InChI=1S/C21H24N2O4/c1-12-16-10-23(25)8-7-14-13-5-3-4-6-18(13)22-20(14)19(23)9-15(16)17(11-27-12)21(24)26-2/h3-6,11-12,15-16,19,22H,7-10H2,1-2H3. The van der Waals surface area contributed by atoms with Crippen LogP contribution in [-0.2, 0) is 20.7 Å². The van der Waals surface area contributed by atoms with Crippen LogP contribution in [0.2, 0.25) is 0 Å². The van der Waals surface area contributed by atoms with Gasteiger partial charge in [0.05, 0.1) is 43.6 Å². The van der Waals surface area contributed by atoms with E-state index in [0.29, 0.717) is 25.1 Å². The molecule has 27 heavy (non-hydrogen) atoms. The Labute approximate surface area is 157 Å². The molecule has 0 saturated carbocycles. The molecule has 1 N–H and O–H groups in total. The minimum atomic E-state index is -0.351. The van der Waals surface area contributed by atoms with E-state index in [4.69, 9.17) is 9.47 Å². The zero-order valence-corrected chi connectivity index (χ0v) is 15.6. The number of esters is 1. The van der Waals surface area contributed by atoms with Gasteiger partial charge in [0.2, 0.25) is 0 Å². The number of hydrogen-bond acceptors (Lipinski definition) is 4. The van der Waals surface area contributed by atoms with Crippen LogP contribution in [0.1, 0.15) is 30.6 Å². The highest BCUT2D eigenvalue weighted by atomic mass is 16.6. The number of aromatic nitrogens is 1. The van der Waals surface area contributed by atoms with E-state index in [0.717, 1.165) is 17.6 Å². The summed E-state index contributed by atoms with van der Waals surface area (Å²) in [6, 6.07) is 8.06. The number of aromatic amines is 1. The molecule has 0 spiro atoms. The van der Waals surface area contributed by atoms with Gasteiger partial charge in [-0.15, -0.1) is 0 Å². The average Bonchev–Trinajstić information content (AvgIpc) is 3.05. The minimum absolute atomic E-state index is 0.0104. The summed E-state index contributed by atoms with van der Waals surface area (Å²) in [4.78, 5) is 15.8. The van der Waals surface area contributed by atoms with Gasteiger partial charge in [0.1, 0.15) is 12.1 Å². The fourth-order valence-corrected chi connectivity index (χ4v) is 5.41. The number of benzene rings is 1. The first-order valence-electron chi connectivity index (χ1n) is 9.63. The second-order valence-electron chi connectivity index (χ2n) is 8.10. The van der Waals surface area contributed by atoms with Crippen LogP contribution in [-0.4, -0.2) is 41.9 Å². The topological polar surface area (TPSA) is 74.4 Å². The Morgan fingerprint density at radius 3 is 3.00 bits per heavy atom. The van der Waals surface area contributed by atoms with Gasteiger partial charge in [-0.2, -0.15) is 0 Å². The van der Waals surface area contributed by atoms with Crippen molar-refractivity contribution >= 4 is 16.9 Å². The number of hydrogen-bond donors (Lipinski definition) is 1. The van der Waals surface area contributed by atoms with Crippen LogP contribution in [0.5, 0.6) is 0 Å². The van der Waals surface area contributed by atoms with Crippen LogP contribution >= 0.6 is 0 Å². The van der Waals surface area contributed by atoms with Crippen LogP contribution in [0, 0.1) is 17.0 Å². The van der Waals surface area contributed by atoms with Crippen molar-refractivity contribution in [3.8, 4) is 0 Å². The predicted octanol–water partition coefficient (Wildman–Crippen LogP) is 3.19. The molecule has 0 aliphatic carbocycles. The van der Waals surface area contributed by atoms with Gasteiger partial charge in [-0.05, 0) is 18.6 Å². The third-order valence-corrected chi connectivity index (χ3v) is 6.84. The number of quaternary nitrogens is 1. The van der Waals surface area contributed by atoms with Gasteiger partial charge in [0.15, 0.2) is 0 Å². The number of methoxy groups -OCH3 is 1. The zero-order chi connectivity index (χ0) is 18.8. The Kier molecular flexibility index (Phi) is 3.64. The van der Waals surface area contributed by atoms with Crippen LogP contribution in [0.25, 0.3) is 10.9 Å². The fraction of sp³-hybridized carbons (Fsp3) is 0.476. The van der Waals surface area contributed by atoms with Crippen LogP contribution in [0.4, 0.5) is 0 Å². The molecular formula is C21H24N2O4. The molecule has 142 valence electrons. The Morgan fingerprint density at radius 2 is 2.19 bits per heavy atom. The molecule has 5 unspecified atom stereocenters. The first-order valence-corrected chi connectivity index (χ1v) is 9.63. The van der Waals surface area contributed by atoms with Gasteiger partial charge in [0.25, 0.3) is 0 Å². The van der Waals surface area contributed by atoms with Gasteiger partial charge in [-0.1, -0.05) is 18.2 Å². The van der Waals surface area contributed by atoms with Gasteiger partial charge in [-0.3, -0.25) is 0 Å². The van der Waals surface area contributed by atoms with Gasteiger partial charge < -0.3 is 24.3 Å². The van der Waals surface area contributed by atoms with E-state index in [1.54, 1.807) is 6.26 Å². The highest BCUT2D eigenvalue weighted by molar-refractivity contribution is 5.89. The molecule has 5 rings (SSSR count). The smallest absolute Gasteiger partial charge is 0.337 e. The molecule has 1 fully saturated rings. The quantitative estimate of drug-likeness (QED) is 0.477. The number of para-hydroxylation sites is 1. The van der Waals surface area contributed by atoms with Crippen molar-refractivity contribution in [1.29, 1.82) is 0 Å². The lowest BCUT2D eigenvalue weighted by atomic mass is 9.72. The second kappa shape index (κ2) is 5.84. The number of ether oxygens (including phenoxy) is 2. The van der Waals surface area contributed by atoms with Crippen molar-refractivity contribution in [2.45, 2.75) is 31.9 Å². The Morgan fingerprint density at radius 1 is 1.37 bits per heavy atom. The van der Waals surface area contributed by atoms with Crippen LogP contribution in [0.3, 0.4) is 0 Å². The van der Waals surface area contributed by atoms with E-state index in [-0.39, 0.29) is 34.6 Å². The monoisotopic (exact) mass is 368 g/mol. The SMILES string of the molecule is COC(=O)C1=COC(C)C2C[N+]3([O-])CCc4c([nH]c5ccccc45)C3CC12. The van der Waals surface area contributed by atoms with E-state index in [2.05, 4.69) is 17.1 Å². The Hall–Kier alpha value is -2.31. The average molecular weight is 368 g/mol. The minimum Gasteiger partial charge on any atom is -0.632 e. The molecule has 0 amide bonds. The number of carbonyl (C=O) groups excluding carboxylic acids is 1. The number of nitrogens with zero attached hydrogens (tertiary/aromatic N) is 1. The Bertz CT molecular complexity index is 949. The van der Waals surface area contributed by atoms with Crippen molar-refractivity contribution in [3.05, 3.63) is 52.6 Å². The number of nitrogens with one attached hydrogen (secondary N) is 1. The molecular weight excluding hydrogens is 344 g/mol. The Balaban J connectivity index is 1.59. The number of carbonyl (C=O) groups is 1. The first-order chi connectivity index (χ1) is 13.0. The number of piperidine rings is 1. The molecule has 3 aliphatic rings. The summed E-state index contributed by atoms with van der Waals surface area (Å²) in [6.07, 6.45) is 2.91. The summed E-state index contributed by atoms with van der Waals surface area (Å²) in [5, 5.41) is 15.0. The summed E-state index contributed by atoms with van der Waals surface area (Å²) in [7, 11) is 1.39. The molecule has 0 bridgehead atoms. The largest absolute Gasteiger partial charge is 0.632 e. The number of H-pyrrole nitrogens is 1. The number of hydroxylamine groups is 3. The first kappa shape index (κ1) is 16.8. The lowest BCUT2D eigenvalue weighted by molar-refractivity contribution is -0.924. The van der Waals surface area contributed by atoms with E-state index in [1.807, 2.05) is 19.1 Å². The molecule has 6 nitrogen and oxygen atoms in total. The van der Waals surface area contributed by atoms with Crippen molar-refractivity contribution in [2.75, 3.05) is 20.2 Å². The molecule has 2 aromatic rings. The molecule has 1 aromatic heterocycles. The third kappa shape index (κ3) is 2.36. The molecule has 5 atom stereocenters. The maximum Gasteiger partial charge on any atom is 0.337 e. The molecule has 3 aliphatic heterocycles. The summed E-state index contributed by atoms with van der Waals surface area (Å²) >= 11 is 0. The van der Waals surface area contributed by atoms with Crippen molar-refractivity contribution in [2.24, 2.45) is 11.8 Å². The summed E-state index contributed by atoms with van der Waals surface area (Å²) < 4.78 is 10.4. The molecule has 1 aromatic carbocycles. The maximum absolute atomic E-state index is 13.8. The lowest BCUT2D eigenvalue weighted by Gasteiger charge is -2.58. The zero-order valence-electron chi connectivity index (χ0n) is 15.6. The van der Waals surface area contributed by atoms with Gasteiger partial charge in [-0.25, -0.2) is 4.79 Å². The van der Waals surface area contributed by atoms with E-state index in [1.165, 1.54) is 18.1 Å². The third-order valence-electron chi connectivity index (χ3n) is 6.84. The molecule has 0 radical (unpaired) electrons. The van der Waals surface area contributed by atoms with E-state index in [9.17, 15) is 10.0 Å². The highest BCUT2D eigenvalue weighted by Crippen LogP contribution is 2.51. The maximum atomic E-state index is 13.8. The van der Waals surface area contributed by atoms with Gasteiger partial charge in [0, 0.05) is 29.7 Å². The lowest BCUT2D eigenvalue weighted by Crippen LogP contribution is -2.60. The highest BCUT2D eigenvalue weighted by Gasteiger charge is 2.52. The van der Waals surface area contributed by atoms with Crippen molar-refractivity contribution in [1.82, 2.24) is 4.98 Å². The van der Waals surface area contributed by atoms with E-state index >= 15 is 0 Å². The van der Waals surface area contributed by atoms with Gasteiger partial charge >= 0.3 is 5.97 Å². The van der Waals surface area contributed by atoms with Crippen molar-refractivity contribution in [3.63, 3.8) is 0 Å². The predicted molar refractivity (Wildman–Crippen MR) is 100 cm³/mol. The summed E-state index contributed by atoms with van der Waals surface area (Å²) in [5.41, 5.74) is 3.97. The van der Waals surface area contributed by atoms with E-state index < -0.39 is 0 Å². The molecule has 4 heterocycles. The van der Waals surface area contributed by atoms with Crippen molar-refractivity contribution < 1.29 is 18.9 Å². The summed E-state index contributed by atoms with van der Waals surface area (Å²) in [5.74, 6) is -0.331. The number of fused-ring (bicyclic) bond motifs is 6. The molecule has 1 saturated heterocycles. The fourth-order valence-electron chi connectivity index (χ4n) is 5.41.